The SMILES string of the molecule is CC(C)(C)OC(=O)c1nc(Cc2ccc(-c3cnc(C(C)(C)C)nc3)cc2)[nH]c(=O)c1OCc1ccccc1. The van der Waals surface area contributed by atoms with E-state index in [9.17, 15) is 9.59 Å². The molecular formula is C31H34N4O4. The van der Waals surface area contributed by atoms with E-state index in [1.54, 1.807) is 20.8 Å². The molecule has 2 heterocycles. The molecule has 0 atom stereocenters. The van der Waals surface area contributed by atoms with Gasteiger partial charge in [0.2, 0.25) is 5.75 Å². The highest BCUT2D eigenvalue weighted by atomic mass is 16.6. The van der Waals surface area contributed by atoms with E-state index in [1.165, 1.54) is 0 Å². The third kappa shape index (κ3) is 7.37. The molecule has 0 bridgehead atoms. The molecule has 4 rings (SSSR count). The summed E-state index contributed by atoms with van der Waals surface area (Å²) in [5, 5.41) is 0. The summed E-state index contributed by atoms with van der Waals surface area (Å²) in [5.41, 5.74) is 2.08. The van der Waals surface area contributed by atoms with Gasteiger partial charge in [-0.1, -0.05) is 75.4 Å². The molecule has 0 aliphatic carbocycles. The maximum absolute atomic E-state index is 13.0. The lowest BCUT2D eigenvalue weighted by molar-refractivity contribution is 0.00572. The lowest BCUT2D eigenvalue weighted by atomic mass is 9.95. The second-order valence-corrected chi connectivity index (χ2v) is 11.4. The van der Waals surface area contributed by atoms with Gasteiger partial charge in [0.25, 0.3) is 5.56 Å². The molecule has 4 aromatic rings. The van der Waals surface area contributed by atoms with Crippen molar-refractivity contribution in [3.05, 3.63) is 106 Å². The first-order chi connectivity index (χ1) is 18.4. The van der Waals surface area contributed by atoms with Crippen molar-refractivity contribution >= 4 is 5.97 Å². The third-order valence-electron chi connectivity index (χ3n) is 5.73. The molecule has 8 nitrogen and oxygen atoms in total. The smallest absolute Gasteiger partial charge is 0.361 e. The number of benzene rings is 2. The summed E-state index contributed by atoms with van der Waals surface area (Å²) in [6.07, 6.45) is 3.95. The van der Waals surface area contributed by atoms with Crippen molar-refractivity contribution in [1.29, 1.82) is 0 Å². The number of H-pyrrole nitrogens is 1. The lowest BCUT2D eigenvalue weighted by Gasteiger charge is -2.20. The zero-order chi connectivity index (χ0) is 28.2. The van der Waals surface area contributed by atoms with Crippen LogP contribution in [0.25, 0.3) is 11.1 Å². The van der Waals surface area contributed by atoms with Crippen LogP contribution in [0.15, 0.2) is 71.8 Å². The fourth-order valence-corrected chi connectivity index (χ4v) is 3.79. The molecule has 0 saturated heterocycles. The Morgan fingerprint density at radius 1 is 0.846 bits per heavy atom. The van der Waals surface area contributed by atoms with Gasteiger partial charge in [-0.3, -0.25) is 4.79 Å². The first-order valence-corrected chi connectivity index (χ1v) is 12.8. The van der Waals surface area contributed by atoms with Gasteiger partial charge in [-0.2, -0.15) is 0 Å². The number of carbonyl (C=O) groups is 1. The first kappa shape index (κ1) is 27.7. The zero-order valence-corrected chi connectivity index (χ0v) is 23.2. The van der Waals surface area contributed by atoms with E-state index in [0.29, 0.717) is 12.2 Å². The Bertz CT molecular complexity index is 1480. The van der Waals surface area contributed by atoms with Crippen molar-refractivity contribution in [2.45, 2.75) is 65.6 Å². The molecule has 8 heteroatoms. The summed E-state index contributed by atoms with van der Waals surface area (Å²) in [5.74, 6) is 0.242. The summed E-state index contributed by atoms with van der Waals surface area (Å²) in [4.78, 5) is 42.3. The number of aromatic nitrogens is 4. The number of nitrogens with zero attached hydrogens (tertiary/aromatic N) is 3. The molecule has 0 radical (unpaired) electrons. The number of rotatable bonds is 7. The summed E-state index contributed by atoms with van der Waals surface area (Å²) in [6.45, 7) is 11.6. The summed E-state index contributed by atoms with van der Waals surface area (Å²) < 4.78 is 11.3. The quantitative estimate of drug-likeness (QED) is 0.310. The van der Waals surface area contributed by atoms with Crippen LogP contribution >= 0.6 is 0 Å². The first-order valence-electron chi connectivity index (χ1n) is 12.8. The van der Waals surface area contributed by atoms with E-state index in [2.05, 4.69) is 40.7 Å². The Morgan fingerprint density at radius 3 is 2.08 bits per heavy atom. The van der Waals surface area contributed by atoms with Gasteiger partial charge in [0.05, 0.1) is 0 Å². The number of hydrogen-bond acceptors (Lipinski definition) is 7. The van der Waals surface area contributed by atoms with Crippen LogP contribution in [0.2, 0.25) is 0 Å². The normalized spacial score (nSPS) is 11.7. The number of ether oxygens (including phenoxy) is 2. The molecular weight excluding hydrogens is 492 g/mol. The summed E-state index contributed by atoms with van der Waals surface area (Å²) in [7, 11) is 0. The minimum Gasteiger partial charge on any atom is -0.481 e. The van der Waals surface area contributed by atoms with Crippen LogP contribution in [0.1, 0.15) is 74.8 Å². The Hall–Kier alpha value is -4.33. The number of hydrogen-bond donors (Lipinski definition) is 1. The minimum absolute atomic E-state index is 0.114. The van der Waals surface area contributed by atoms with Crippen molar-refractivity contribution in [2.24, 2.45) is 0 Å². The van der Waals surface area contributed by atoms with Crippen LogP contribution in [0.3, 0.4) is 0 Å². The largest absolute Gasteiger partial charge is 0.481 e. The monoisotopic (exact) mass is 526 g/mol. The summed E-state index contributed by atoms with van der Waals surface area (Å²) >= 11 is 0. The Kier molecular flexibility index (Phi) is 7.95. The van der Waals surface area contributed by atoms with Gasteiger partial charge in [-0.25, -0.2) is 19.7 Å². The molecule has 202 valence electrons. The van der Waals surface area contributed by atoms with Crippen molar-refractivity contribution < 1.29 is 14.3 Å². The number of carbonyl (C=O) groups excluding carboxylic acids is 1. The molecule has 2 aromatic carbocycles. The van der Waals surface area contributed by atoms with E-state index in [0.717, 1.165) is 28.1 Å². The van der Waals surface area contributed by atoms with Crippen LogP contribution in [-0.2, 0) is 23.2 Å². The Balaban J connectivity index is 1.58. The lowest BCUT2D eigenvalue weighted by Crippen LogP contribution is -2.28. The maximum Gasteiger partial charge on any atom is 0.361 e. The van der Waals surface area contributed by atoms with Crippen molar-refractivity contribution in [1.82, 2.24) is 19.9 Å². The highest BCUT2D eigenvalue weighted by Crippen LogP contribution is 2.23. The maximum atomic E-state index is 13.0. The van der Waals surface area contributed by atoms with Gasteiger partial charge in [0.15, 0.2) is 5.69 Å². The second kappa shape index (κ2) is 11.2. The van der Waals surface area contributed by atoms with Gasteiger partial charge < -0.3 is 14.5 Å². The fraction of sp³-hybridized carbons (Fsp3) is 0.323. The van der Waals surface area contributed by atoms with Crippen LogP contribution < -0.4 is 10.3 Å². The van der Waals surface area contributed by atoms with Crippen molar-refractivity contribution in [3.63, 3.8) is 0 Å². The molecule has 0 spiro atoms. The average molecular weight is 527 g/mol. The Labute approximate surface area is 228 Å². The Morgan fingerprint density at radius 2 is 1.49 bits per heavy atom. The molecule has 0 aliphatic heterocycles. The van der Waals surface area contributed by atoms with Crippen molar-refractivity contribution in [3.8, 4) is 16.9 Å². The van der Waals surface area contributed by atoms with Crippen LogP contribution in [0.5, 0.6) is 5.75 Å². The minimum atomic E-state index is -0.761. The van der Waals surface area contributed by atoms with Crippen molar-refractivity contribution in [2.75, 3.05) is 0 Å². The fourth-order valence-electron chi connectivity index (χ4n) is 3.79. The topological polar surface area (TPSA) is 107 Å². The van der Waals surface area contributed by atoms with Gasteiger partial charge in [0.1, 0.15) is 23.9 Å². The molecule has 0 unspecified atom stereocenters. The van der Waals surface area contributed by atoms with Gasteiger partial charge >= 0.3 is 5.97 Å². The molecule has 0 aliphatic rings. The van der Waals surface area contributed by atoms with Gasteiger partial charge in [-0.15, -0.1) is 0 Å². The molecule has 0 fully saturated rings. The molecule has 39 heavy (non-hydrogen) atoms. The molecule has 0 amide bonds. The zero-order valence-electron chi connectivity index (χ0n) is 23.2. The van der Waals surface area contributed by atoms with E-state index < -0.39 is 17.1 Å². The highest BCUT2D eigenvalue weighted by molar-refractivity contribution is 5.90. The highest BCUT2D eigenvalue weighted by Gasteiger charge is 2.26. The molecule has 0 saturated carbocycles. The van der Waals surface area contributed by atoms with E-state index in [4.69, 9.17) is 9.47 Å². The van der Waals surface area contributed by atoms with Crippen LogP contribution in [-0.4, -0.2) is 31.5 Å². The second-order valence-electron chi connectivity index (χ2n) is 11.4. The summed E-state index contributed by atoms with van der Waals surface area (Å²) in [6, 6.07) is 17.2. The van der Waals surface area contributed by atoms with Gasteiger partial charge in [0, 0.05) is 29.8 Å². The van der Waals surface area contributed by atoms with E-state index in [-0.39, 0.29) is 23.5 Å². The molecule has 1 N–H and O–H groups in total. The molecule has 2 aromatic heterocycles. The van der Waals surface area contributed by atoms with E-state index in [1.807, 2.05) is 67.0 Å². The average Bonchev–Trinajstić information content (AvgIpc) is 2.87. The predicted molar refractivity (Wildman–Crippen MR) is 150 cm³/mol. The van der Waals surface area contributed by atoms with Gasteiger partial charge in [-0.05, 0) is 37.5 Å². The third-order valence-corrected chi connectivity index (χ3v) is 5.73. The predicted octanol–water partition coefficient (Wildman–Crippen LogP) is 5.65. The van der Waals surface area contributed by atoms with Crippen LogP contribution in [0.4, 0.5) is 0 Å². The number of aromatic amines is 1. The van der Waals surface area contributed by atoms with Crippen LogP contribution in [0, 0.1) is 0 Å². The number of esters is 1. The number of nitrogens with one attached hydrogen (secondary N) is 1. The van der Waals surface area contributed by atoms with E-state index >= 15 is 0 Å². The standard InChI is InChI=1S/C31H34N4O4/c1-30(2,3)29-32-17-23(18-33-29)22-14-12-20(13-15-22)16-24-34-25(28(37)39-31(4,5)6)26(27(36)35-24)38-19-21-10-8-7-9-11-21/h7-15,17-18H,16,19H2,1-6H3,(H,34,35,36).